The lowest BCUT2D eigenvalue weighted by molar-refractivity contribution is -0.137. The standard InChI is InChI=1S/C25H44O2/c1-3-5-6-7-8-9-10-11-12-13-14-15-16-17-18-19-20-21-22-23-24-27-25(26)4-2/h4H,2-3,5-10,13-24H2,1H3. The summed E-state index contributed by atoms with van der Waals surface area (Å²) in [5.41, 5.74) is 0. The summed E-state index contributed by atoms with van der Waals surface area (Å²) >= 11 is 0. The fourth-order valence-electron chi connectivity index (χ4n) is 3.13. The van der Waals surface area contributed by atoms with Crippen molar-refractivity contribution in [2.75, 3.05) is 6.61 Å². The van der Waals surface area contributed by atoms with Crippen LogP contribution in [0.1, 0.15) is 122 Å². The highest BCUT2D eigenvalue weighted by Crippen LogP contribution is 2.11. The van der Waals surface area contributed by atoms with E-state index < -0.39 is 0 Å². The van der Waals surface area contributed by atoms with Crippen LogP contribution in [0.5, 0.6) is 0 Å². The maximum absolute atomic E-state index is 10.9. The molecule has 0 aliphatic heterocycles. The molecule has 0 spiro atoms. The molecule has 0 aliphatic rings. The molecule has 0 atom stereocenters. The quantitative estimate of drug-likeness (QED) is 0.0996. The van der Waals surface area contributed by atoms with Gasteiger partial charge in [0.1, 0.15) is 0 Å². The van der Waals surface area contributed by atoms with Gasteiger partial charge in [-0.1, -0.05) is 97.0 Å². The molecule has 0 fully saturated rings. The van der Waals surface area contributed by atoms with Crippen LogP contribution in [-0.4, -0.2) is 12.6 Å². The molecule has 0 N–H and O–H groups in total. The highest BCUT2D eigenvalue weighted by atomic mass is 16.5. The fourth-order valence-corrected chi connectivity index (χ4v) is 3.13. The second-order valence-corrected chi connectivity index (χ2v) is 7.53. The Balaban J connectivity index is 3.12. The van der Waals surface area contributed by atoms with Crippen LogP contribution >= 0.6 is 0 Å². The van der Waals surface area contributed by atoms with Crippen LogP contribution in [0.15, 0.2) is 12.7 Å². The Morgan fingerprint density at radius 1 is 0.704 bits per heavy atom. The van der Waals surface area contributed by atoms with Crippen molar-refractivity contribution in [1.29, 1.82) is 0 Å². The van der Waals surface area contributed by atoms with Crippen molar-refractivity contribution in [2.24, 2.45) is 0 Å². The number of rotatable bonds is 19. The summed E-state index contributed by atoms with van der Waals surface area (Å²) in [6.07, 6.45) is 24.3. The number of unbranched alkanes of at least 4 members (excludes halogenated alkanes) is 16. The summed E-state index contributed by atoms with van der Waals surface area (Å²) < 4.78 is 4.96. The third kappa shape index (κ3) is 22.7. The van der Waals surface area contributed by atoms with Crippen molar-refractivity contribution in [1.82, 2.24) is 0 Å². The molecule has 0 rings (SSSR count). The van der Waals surface area contributed by atoms with E-state index in [0.717, 1.165) is 25.7 Å². The first-order valence-electron chi connectivity index (χ1n) is 11.6. The van der Waals surface area contributed by atoms with Gasteiger partial charge in [0.2, 0.25) is 0 Å². The normalized spacial score (nSPS) is 10.3. The smallest absolute Gasteiger partial charge is 0.330 e. The van der Waals surface area contributed by atoms with E-state index in [4.69, 9.17) is 4.74 Å². The second-order valence-electron chi connectivity index (χ2n) is 7.53. The van der Waals surface area contributed by atoms with Gasteiger partial charge in [0.25, 0.3) is 0 Å². The average molecular weight is 377 g/mol. The Hall–Kier alpha value is -1.23. The van der Waals surface area contributed by atoms with Gasteiger partial charge < -0.3 is 4.74 Å². The molecule has 27 heavy (non-hydrogen) atoms. The van der Waals surface area contributed by atoms with Crippen molar-refractivity contribution in [2.45, 2.75) is 122 Å². The van der Waals surface area contributed by atoms with Gasteiger partial charge >= 0.3 is 5.97 Å². The van der Waals surface area contributed by atoms with Crippen LogP contribution in [0.4, 0.5) is 0 Å². The van der Waals surface area contributed by atoms with Crippen LogP contribution in [-0.2, 0) is 9.53 Å². The van der Waals surface area contributed by atoms with Crippen LogP contribution in [0, 0.1) is 11.8 Å². The zero-order valence-electron chi connectivity index (χ0n) is 18.0. The van der Waals surface area contributed by atoms with Gasteiger partial charge in [-0.15, -0.1) is 11.8 Å². The molecule has 0 aromatic carbocycles. The van der Waals surface area contributed by atoms with Crippen molar-refractivity contribution in [3.05, 3.63) is 12.7 Å². The molecular weight excluding hydrogens is 332 g/mol. The topological polar surface area (TPSA) is 26.3 Å². The van der Waals surface area contributed by atoms with E-state index >= 15 is 0 Å². The van der Waals surface area contributed by atoms with Crippen molar-refractivity contribution < 1.29 is 9.53 Å². The lowest BCUT2D eigenvalue weighted by atomic mass is 10.1. The number of ether oxygens (including phenoxy) is 1. The van der Waals surface area contributed by atoms with Gasteiger partial charge in [0.05, 0.1) is 6.61 Å². The molecule has 0 unspecified atom stereocenters. The number of carbonyl (C=O) groups is 1. The minimum absolute atomic E-state index is 0.307. The predicted molar refractivity (Wildman–Crippen MR) is 118 cm³/mol. The Bertz CT molecular complexity index is 389. The number of hydrogen-bond acceptors (Lipinski definition) is 2. The van der Waals surface area contributed by atoms with Gasteiger partial charge in [-0.2, -0.15) is 0 Å². The molecule has 0 saturated heterocycles. The van der Waals surface area contributed by atoms with Gasteiger partial charge in [0, 0.05) is 18.9 Å². The minimum Gasteiger partial charge on any atom is -0.463 e. The first-order valence-corrected chi connectivity index (χ1v) is 11.6. The largest absolute Gasteiger partial charge is 0.463 e. The lowest BCUT2D eigenvalue weighted by Crippen LogP contribution is -2.01. The average Bonchev–Trinajstić information content (AvgIpc) is 2.68. The van der Waals surface area contributed by atoms with E-state index in [9.17, 15) is 4.79 Å². The zero-order chi connectivity index (χ0) is 19.8. The van der Waals surface area contributed by atoms with Crippen LogP contribution < -0.4 is 0 Å². The molecule has 156 valence electrons. The molecule has 2 nitrogen and oxygen atoms in total. The Morgan fingerprint density at radius 3 is 1.56 bits per heavy atom. The molecule has 0 heterocycles. The van der Waals surface area contributed by atoms with E-state index in [-0.39, 0.29) is 5.97 Å². The lowest BCUT2D eigenvalue weighted by Gasteiger charge is -2.03. The van der Waals surface area contributed by atoms with E-state index in [1.807, 2.05) is 0 Å². The molecule has 0 amide bonds. The van der Waals surface area contributed by atoms with E-state index in [0.29, 0.717) is 6.61 Å². The molecule has 0 aromatic heterocycles. The first kappa shape index (κ1) is 25.8. The monoisotopic (exact) mass is 376 g/mol. The Labute approximate surface area is 169 Å². The maximum atomic E-state index is 10.9. The maximum Gasteiger partial charge on any atom is 0.330 e. The van der Waals surface area contributed by atoms with Crippen LogP contribution in [0.3, 0.4) is 0 Å². The number of carbonyl (C=O) groups excluding carboxylic acids is 1. The zero-order valence-corrected chi connectivity index (χ0v) is 18.0. The van der Waals surface area contributed by atoms with Crippen LogP contribution in [0.2, 0.25) is 0 Å². The van der Waals surface area contributed by atoms with Crippen LogP contribution in [0.25, 0.3) is 0 Å². The first-order chi connectivity index (χ1) is 13.3. The summed E-state index contributed by atoms with van der Waals surface area (Å²) in [4.78, 5) is 10.9. The number of hydrogen-bond donors (Lipinski definition) is 0. The number of esters is 1. The summed E-state index contributed by atoms with van der Waals surface area (Å²) in [6, 6.07) is 0. The second kappa shape index (κ2) is 22.8. The molecule has 0 radical (unpaired) electrons. The molecule has 2 heteroatoms. The summed E-state index contributed by atoms with van der Waals surface area (Å²) in [7, 11) is 0. The molecule has 0 aromatic rings. The van der Waals surface area contributed by atoms with Gasteiger partial charge in [0.15, 0.2) is 0 Å². The van der Waals surface area contributed by atoms with Crippen molar-refractivity contribution in [3.8, 4) is 11.8 Å². The van der Waals surface area contributed by atoms with E-state index in [2.05, 4.69) is 25.3 Å². The Kier molecular flexibility index (Phi) is 21.8. The SMILES string of the molecule is C=CC(=O)OCCCCCCCCCCCCC#CCCCCCCCC. The van der Waals surface area contributed by atoms with Gasteiger partial charge in [-0.25, -0.2) is 4.79 Å². The summed E-state index contributed by atoms with van der Waals surface area (Å²) in [6.45, 7) is 6.19. The molecule has 0 saturated carbocycles. The third-order valence-corrected chi connectivity index (χ3v) is 4.89. The summed E-state index contributed by atoms with van der Waals surface area (Å²) in [5, 5.41) is 0. The molecule has 0 bridgehead atoms. The third-order valence-electron chi connectivity index (χ3n) is 4.89. The molecular formula is C25H44O2. The Morgan fingerprint density at radius 2 is 1.11 bits per heavy atom. The van der Waals surface area contributed by atoms with Gasteiger partial charge in [-0.3, -0.25) is 0 Å². The van der Waals surface area contributed by atoms with Crippen molar-refractivity contribution >= 4 is 5.97 Å². The van der Waals surface area contributed by atoms with E-state index in [1.54, 1.807) is 0 Å². The summed E-state index contributed by atoms with van der Waals surface area (Å²) in [5.74, 6) is 6.38. The fraction of sp³-hybridized carbons (Fsp3) is 0.800. The van der Waals surface area contributed by atoms with E-state index in [1.165, 1.54) is 96.0 Å². The highest BCUT2D eigenvalue weighted by Gasteiger charge is 1.96. The van der Waals surface area contributed by atoms with Gasteiger partial charge in [-0.05, 0) is 19.3 Å². The van der Waals surface area contributed by atoms with Crippen molar-refractivity contribution in [3.63, 3.8) is 0 Å². The predicted octanol–water partition coefficient (Wildman–Crippen LogP) is 7.76. The molecule has 0 aliphatic carbocycles. The minimum atomic E-state index is -0.307. The highest BCUT2D eigenvalue weighted by molar-refractivity contribution is 5.81.